The quantitative estimate of drug-likeness (QED) is 0.668. The predicted molar refractivity (Wildman–Crippen MR) is 116 cm³/mol. The number of carbonyl (C=O) groups excluding carboxylic acids is 1. The van der Waals surface area contributed by atoms with Crippen molar-refractivity contribution >= 4 is 36.4 Å². The molecule has 3 aliphatic rings. The first-order chi connectivity index (χ1) is 12.7. The topological polar surface area (TPSA) is 59.0 Å². The number of aromatic nitrogens is 2. The zero-order chi connectivity index (χ0) is 17.5. The summed E-state index contributed by atoms with van der Waals surface area (Å²) in [5.41, 5.74) is 2.78. The van der Waals surface area contributed by atoms with Gasteiger partial charge in [-0.15, -0.1) is 24.8 Å². The molecule has 28 heavy (non-hydrogen) atoms. The van der Waals surface area contributed by atoms with Crippen LogP contribution in [0.1, 0.15) is 53.9 Å². The van der Waals surface area contributed by atoms with Crippen molar-refractivity contribution in [2.24, 2.45) is 11.8 Å². The minimum absolute atomic E-state index is 0. The van der Waals surface area contributed by atoms with E-state index < -0.39 is 0 Å². The van der Waals surface area contributed by atoms with E-state index in [2.05, 4.69) is 21.8 Å². The molecule has 2 unspecified atom stereocenters. The number of amides is 1. The summed E-state index contributed by atoms with van der Waals surface area (Å²) < 4.78 is 1.93. The SMILES string of the molecule is Cl.Cl.O=C(Nc1cnn(CC2CC2)c1)c1cccc(C2CC2NCC2CC2)c1. The third-order valence-corrected chi connectivity index (χ3v) is 5.77. The number of anilines is 1. The van der Waals surface area contributed by atoms with E-state index in [0.29, 0.717) is 12.0 Å². The summed E-state index contributed by atoms with van der Waals surface area (Å²) in [6, 6.07) is 8.68. The van der Waals surface area contributed by atoms with Gasteiger partial charge < -0.3 is 10.6 Å². The smallest absolute Gasteiger partial charge is 0.255 e. The molecule has 152 valence electrons. The molecule has 0 saturated heterocycles. The number of carbonyl (C=O) groups is 1. The third-order valence-electron chi connectivity index (χ3n) is 5.77. The van der Waals surface area contributed by atoms with Gasteiger partial charge in [0, 0.05) is 30.3 Å². The summed E-state index contributed by atoms with van der Waals surface area (Å²) in [5, 5.41) is 11.0. The second-order valence-corrected chi connectivity index (χ2v) is 8.27. The van der Waals surface area contributed by atoms with E-state index in [1.807, 2.05) is 29.1 Å². The summed E-state index contributed by atoms with van der Waals surface area (Å²) in [6.45, 7) is 2.12. The highest BCUT2D eigenvalue weighted by Gasteiger charge is 2.39. The van der Waals surface area contributed by atoms with Crippen LogP contribution < -0.4 is 10.6 Å². The van der Waals surface area contributed by atoms with Crippen molar-refractivity contribution in [3.8, 4) is 0 Å². The molecule has 5 rings (SSSR count). The molecule has 2 aromatic rings. The van der Waals surface area contributed by atoms with Gasteiger partial charge in [0.15, 0.2) is 0 Å². The van der Waals surface area contributed by atoms with Gasteiger partial charge in [-0.25, -0.2) is 0 Å². The fourth-order valence-electron chi connectivity index (χ4n) is 3.64. The summed E-state index contributed by atoms with van der Waals surface area (Å²) >= 11 is 0. The Bertz CT molecular complexity index is 816. The lowest BCUT2D eigenvalue weighted by Crippen LogP contribution is -2.20. The van der Waals surface area contributed by atoms with Gasteiger partial charge in [-0.3, -0.25) is 9.48 Å². The average molecular weight is 423 g/mol. The molecule has 0 aliphatic heterocycles. The lowest BCUT2D eigenvalue weighted by molar-refractivity contribution is 0.102. The molecule has 0 spiro atoms. The molecule has 2 atom stereocenters. The standard InChI is InChI=1S/C21H26N4O.2ClH/c26-21(24-18-11-23-25(13-18)12-15-6-7-15)17-3-1-2-16(8-17)19-9-20(19)22-10-14-4-5-14;;/h1-3,8,11,13-15,19-20,22H,4-7,9-10,12H2,(H,24,26);2*1H. The van der Waals surface area contributed by atoms with Crippen LogP contribution in [0.25, 0.3) is 0 Å². The number of rotatable bonds is 8. The van der Waals surface area contributed by atoms with E-state index >= 15 is 0 Å². The zero-order valence-electron chi connectivity index (χ0n) is 15.8. The van der Waals surface area contributed by atoms with Crippen molar-refractivity contribution in [3.63, 3.8) is 0 Å². The van der Waals surface area contributed by atoms with Crippen molar-refractivity contribution in [3.05, 3.63) is 47.8 Å². The van der Waals surface area contributed by atoms with E-state index in [0.717, 1.165) is 36.2 Å². The van der Waals surface area contributed by atoms with Gasteiger partial charge in [0.1, 0.15) is 0 Å². The van der Waals surface area contributed by atoms with Crippen LogP contribution in [-0.4, -0.2) is 28.3 Å². The first-order valence-corrected chi connectivity index (χ1v) is 9.92. The fourth-order valence-corrected chi connectivity index (χ4v) is 3.64. The van der Waals surface area contributed by atoms with Gasteiger partial charge in [0.25, 0.3) is 5.91 Å². The fraction of sp³-hybridized carbons (Fsp3) is 0.524. The van der Waals surface area contributed by atoms with Crippen LogP contribution in [0.2, 0.25) is 0 Å². The molecule has 1 aromatic heterocycles. The largest absolute Gasteiger partial charge is 0.319 e. The van der Waals surface area contributed by atoms with Gasteiger partial charge in [-0.2, -0.15) is 5.10 Å². The molecule has 3 aliphatic carbocycles. The van der Waals surface area contributed by atoms with Crippen LogP contribution in [0.5, 0.6) is 0 Å². The Morgan fingerprint density at radius 3 is 2.68 bits per heavy atom. The molecule has 0 radical (unpaired) electrons. The second-order valence-electron chi connectivity index (χ2n) is 8.27. The van der Waals surface area contributed by atoms with E-state index in [1.165, 1.54) is 37.7 Å². The number of benzene rings is 1. The van der Waals surface area contributed by atoms with Gasteiger partial charge in [0.05, 0.1) is 11.9 Å². The molecular formula is C21H28Cl2N4O. The van der Waals surface area contributed by atoms with E-state index in [9.17, 15) is 4.79 Å². The van der Waals surface area contributed by atoms with Gasteiger partial charge in [-0.1, -0.05) is 12.1 Å². The average Bonchev–Trinajstić information content (AvgIpc) is 3.50. The van der Waals surface area contributed by atoms with E-state index in [1.54, 1.807) is 6.20 Å². The molecule has 7 heteroatoms. The van der Waals surface area contributed by atoms with E-state index in [4.69, 9.17) is 0 Å². The maximum atomic E-state index is 12.6. The number of halogens is 2. The summed E-state index contributed by atoms with van der Waals surface area (Å²) in [6.07, 6.45) is 10.2. The molecule has 3 fully saturated rings. The van der Waals surface area contributed by atoms with Crippen molar-refractivity contribution < 1.29 is 4.79 Å². The predicted octanol–water partition coefficient (Wildman–Crippen LogP) is 4.24. The van der Waals surface area contributed by atoms with Crippen LogP contribution in [0.4, 0.5) is 5.69 Å². The van der Waals surface area contributed by atoms with Crippen molar-refractivity contribution in [2.45, 2.75) is 50.6 Å². The lowest BCUT2D eigenvalue weighted by atomic mass is 10.1. The third kappa shape index (κ3) is 5.28. The van der Waals surface area contributed by atoms with Crippen LogP contribution in [-0.2, 0) is 6.54 Å². The molecule has 2 N–H and O–H groups in total. The van der Waals surface area contributed by atoms with Crippen LogP contribution in [0.3, 0.4) is 0 Å². The highest BCUT2D eigenvalue weighted by atomic mass is 35.5. The highest BCUT2D eigenvalue weighted by Crippen LogP contribution is 2.42. The van der Waals surface area contributed by atoms with Gasteiger partial charge in [-0.05, 0) is 68.2 Å². The lowest BCUT2D eigenvalue weighted by Gasteiger charge is -2.06. The minimum atomic E-state index is -0.0547. The normalized spacial score (nSPS) is 22.7. The Labute approximate surface area is 178 Å². The molecule has 1 aromatic carbocycles. The molecular weight excluding hydrogens is 395 g/mol. The Morgan fingerprint density at radius 1 is 1.14 bits per heavy atom. The van der Waals surface area contributed by atoms with E-state index in [-0.39, 0.29) is 30.7 Å². The number of nitrogens with zero attached hydrogens (tertiary/aromatic N) is 2. The van der Waals surface area contributed by atoms with Gasteiger partial charge in [0.2, 0.25) is 0 Å². The van der Waals surface area contributed by atoms with Crippen LogP contribution >= 0.6 is 24.8 Å². The minimum Gasteiger partial charge on any atom is -0.319 e. The highest BCUT2D eigenvalue weighted by molar-refractivity contribution is 6.04. The van der Waals surface area contributed by atoms with Crippen LogP contribution in [0.15, 0.2) is 36.7 Å². The first kappa shape index (κ1) is 21.2. The maximum Gasteiger partial charge on any atom is 0.255 e. The van der Waals surface area contributed by atoms with Gasteiger partial charge >= 0.3 is 0 Å². The Kier molecular flexibility index (Phi) is 6.69. The molecule has 0 bridgehead atoms. The summed E-state index contributed by atoms with van der Waals surface area (Å²) in [4.78, 5) is 12.6. The second kappa shape index (κ2) is 8.85. The molecule has 1 amide bonds. The summed E-state index contributed by atoms with van der Waals surface area (Å²) in [5.74, 6) is 2.19. The number of hydrogen-bond acceptors (Lipinski definition) is 3. The van der Waals surface area contributed by atoms with Crippen molar-refractivity contribution in [1.82, 2.24) is 15.1 Å². The first-order valence-electron chi connectivity index (χ1n) is 9.92. The molecule has 5 nitrogen and oxygen atoms in total. The zero-order valence-corrected chi connectivity index (χ0v) is 17.5. The van der Waals surface area contributed by atoms with Crippen molar-refractivity contribution in [1.29, 1.82) is 0 Å². The molecule has 1 heterocycles. The maximum absolute atomic E-state index is 12.6. The number of hydrogen-bond donors (Lipinski definition) is 2. The molecule has 3 saturated carbocycles. The monoisotopic (exact) mass is 422 g/mol. The summed E-state index contributed by atoms with van der Waals surface area (Å²) in [7, 11) is 0. The number of nitrogens with one attached hydrogen (secondary N) is 2. The Hall–Kier alpha value is -1.56. The van der Waals surface area contributed by atoms with Crippen LogP contribution in [0, 0.1) is 11.8 Å². The Balaban J connectivity index is 0.00000112. The van der Waals surface area contributed by atoms with Crippen molar-refractivity contribution in [2.75, 3.05) is 11.9 Å². The Morgan fingerprint density at radius 2 is 1.93 bits per heavy atom.